The summed E-state index contributed by atoms with van der Waals surface area (Å²) in [6.45, 7) is 3.32. The standard InChI is InChI=1S/C19H22Cl2N2O3S2/c1-4-23(28(25,26)18-11-15(20)7-10-17(18)21)12-19(24)22-13(2)14-5-8-16(27-3)9-6-14/h5-11,13H,4,12H2,1-3H3,(H,22,24)/t13-/m1/s1. The molecule has 1 amide bonds. The minimum absolute atomic E-state index is 0.0607. The molecule has 0 saturated heterocycles. The van der Waals surface area contributed by atoms with Crippen LogP contribution in [0.15, 0.2) is 52.3 Å². The molecule has 0 aliphatic rings. The van der Waals surface area contributed by atoms with E-state index in [1.165, 1.54) is 18.2 Å². The molecule has 1 N–H and O–H groups in total. The number of carbonyl (C=O) groups is 1. The quantitative estimate of drug-likeness (QED) is 0.584. The lowest BCUT2D eigenvalue weighted by Gasteiger charge is -2.22. The van der Waals surface area contributed by atoms with Crippen molar-refractivity contribution < 1.29 is 13.2 Å². The van der Waals surface area contributed by atoms with Crippen molar-refractivity contribution in [3.05, 3.63) is 58.1 Å². The van der Waals surface area contributed by atoms with Crippen molar-refractivity contribution in [2.24, 2.45) is 0 Å². The van der Waals surface area contributed by atoms with Crippen molar-refractivity contribution in [2.45, 2.75) is 29.7 Å². The van der Waals surface area contributed by atoms with Gasteiger partial charge in [-0.15, -0.1) is 11.8 Å². The van der Waals surface area contributed by atoms with E-state index in [9.17, 15) is 13.2 Å². The Morgan fingerprint density at radius 2 is 1.82 bits per heavy atom. The Balaban J connectivity index is 2.12. The lowest BCUT2D eigenvalue weighted by Crippen LogP contribution is -2.41. The molecule has 0 bridgehead atoms. The molecule has 0 aromatic heterocycles. The average molecular weight is 461 g/mol. The minimum atomic E-state index is -3.96. The molecule has 5 nitrogen and oxygen atoms in total. The molecule has 0 aliphatic heterocycles. The first-order valence-corrected chi connectivity index (χ1v) is 12.0. The second kappa shape index (κ2) is 9.98. The van der Waals surface area contributed by atoms with Crippen molar-refractivity contribution in [1.29, 1.82) is 0 Å². The molecule has 1 atom stereocenters. The van der Waals surface area contributed by atoms with Crippen molar-refractivity contribution in [2.75, 3.05) is 19.3 Å². The van der Waals surface area contributed by atoms with Gasteiger partial charge in [0.25, 0.3) is 0 Å². The van der Waals surface area contributed by atoms with Gasteiger partial charge in [0.1, 0.15) is 4.90 Å². The fraction of sp³-hybridized carbons (Fsp3) is 0.316. The van der Waals surface area contributed by atoms with Crippen LogP contribution in [0.5, 0.6) is 0 Å². The molecule has 2 aromatic carbocycles. The van der Waals surface area contributed by atoms with Crippen molar-refractivity contribution in [3.8, 4) is 0 Å². The van der Waals surface area contributed by atoms with E-state index in [2.05, 4.69) is 5.32 Å². The van der Waals surface area contributed by atoms with E-state index in [1.807, 2.05) is 37.4 Å². The molecule has 0 spiro atoms. The Kier molecular flexibility index (Phi) is 8.21. The second-order valence-electron chi connectivity index (χ2n) is 6.07. The number of halogens is 2. The maximum Gasteiger partial charge on any atom is 0.245 e. The monoisotopic (exact) mass is 460 g/mol. The highest BCUT2D eigenvalue weighted by Crippen LogP contribution is 2.27. The first-order chi connectivity index (χ1) is 13.2. The topological polar surface area (TPSA) is 66.5 Å². The number of hydrogen-bond donors (Lipinski definition) is 1. The molecule has 2 aromatic rings. The number of rotatable bonds is 8. The Morgan fingerprint density at radius 3 is 2.39 bits per heavy atom. The number of sulfonamides is 1. The Morgan fingerprint density at radius 1 is 1.18 bits per heavy atom. The third-order valence-corrected chi connectivity index (χ3v) is 7.56. The number of carbonyl (C=O) groups excluding carboxylic acids is 1. The number of likely N-dealkylation sites (N-methyl/N-ethyl adjacent to an activating group) is 1. The van der Waals surface area contributed by atoms with Gasteiger partial charge < -0.3 is 5.32 Å². The number of nitrogens with zero attached hydrogens (tertiary/aromatic N) is 1. The highest BCUT2D eigenvalue weighted by atomic mass is 35.5. The number of nitrogens with one attached hydrogen (secondary N) is 1. The maximum absolute atomic E-state index is 12.9. The fourth-order valence-electron chi connectivity index (χ4n) is 2.60. The summed E-state index contributed by atoms with van der Waals surface area (Å²) in [5.41, 5.74) is 0.940. The predicted octanol–water partition coefficient (Wildman–Crippen LogP) is 4.60. The molecule has 0 heterocycles. The minimum Gasteiger partial charge on any atom is -0.348 e. The Hall–Kier alpha value is -1.25. The van der Waals surface area contributed by atoms with E-state index in [0.29, 0.717) is 0 Å². The van der Waals surface area contributed by atoms with Crippen LogP contribution in [0.2, 0.25) is 10.0 Å². The lowest BCUT2D eigenvalue weighted by molar-refractivity contribution is -0.121. The summed E-state index contributed by atoms with van der Waals surface area (Å²) in [6, 6.07) is 11.8. The second-order valence-corrected chi connectivity index (χ2v) is 9.70. The van der Waals surface area contributed by atoms with E-state index in [4.69, 9.17) is 23.2 Å². The SMILES string of the molecule is CCN(CC(=O)N[C@H](C)c1ccc(SC)cc1)S(=O)(=O)c1cc(Cl)ccc1Cl. The smallest absolute Gasteiger partial charge is 0.245 e. The predicted molar refractivity (Wildman–Crippen MR) is 116 cm³/mol. The lowest BCUT2D eigenvalue weighted by atomic mass is 10.1. The van der Waals surface area contributed by atoms with Crippen LogP contribution in [0.3, 0.4) is 0 Å². The van der Waals surface area contributed by atoms with Gasteiger partial charge in [-0.3, -0.25) is 4.79 Å². The van der Waals surface area contributed by atoms with Gasteiger partial charge in [-0.05, 0) is 49.1 Å². The molecule has 0 aliphatic carbocycles. The molecular formula is C19H22Cl2N2O3S2. The summed E-state index contributed by atoms with van der Waals surface area (Å²) in [7, 11) is -3.96. The van der Waals surface area contributed by atoms with Crippen LogP contribution >= 0.6 is 35.0 Å². The third kappa shape index (κ3) is 5.64. The normalized spacial score (nSPS) is 12.8. The van der Waals surface area contributed by atoms with Gasteiger partial charge in [-0.1, -0.05) is 42.3 Å². The zero-order valence-electron chi connectivity index (χ0n) is 15.8. The number of thioether (sulfide) groups is 1. The summed E-state index contributed by atoms with van der Waals surface area (Å²) < 4.78 is 26.9. The largest absolute Gasteiger partial charge is 0.348 e. The van der Waals surface area contributed by atoms with Crippen LogP contribution in [0.25, 0.3) is 0 Å². The van der Waals surface area contributed by atoms with Crippen molar-refractivity contribution in [1.82, 2.24) is 9.62 Å². The fourth-order valence-corrected chi connectivity index (χ4v) is 5.15. The first kappa shape index (κ1) is 23.0. The first-order valence-electron chi connectivity index (χ1n) is 8.57. The number of amides is 1. The molecule has 2 rings (SSSR count). The summed E-state index contributed by atoms with van der Waals surface area (Å²) in [6.07, 6.45) is 1.99. The number of hydrogen-bond acceptors (Lipinski definition) is 4. The van der Waals surface area contributed by atoms with Gasteiger partial charge >= 0.3 is 0 Å². The van der Waals surface area contributed by atoms with Gasteiger partial charge in [0.15, 0.2) is 0 Å². The molecule has 9 heteroatoms. The number of benzene rings is 2. The van der Waals surface area contributed by atoms with Crippen LogP contribution in [-0.4, -0.2) is 38.0 Å². The van der Waals surface area contributed by atoms with Crippen molar-refractivity contribution >= 4 is 50.9 Å². The Bertz CT molecular complexity index is 935. The van der Waals surface area contributed by atoms with Gasteiger partial charge in [0.05, 0.1) is 17.6 Å². The zero-order chi connectivity index (χ0) is 20.9. The van der Waals surface area contributed by atoms with Crippen LogP contribution < -0.4 is 5.32 Å². The van der Waals surface area contributed by atoms with E-state index in [0.717, 1.165) is 14.8 Å². The summed E-state index contributed by atoms with van der Waals surface area (Å²) in [5, 5.41) is 3.15. The molecule has 0 radical (unpaired) electrons. The van der Waals surface area contributed by atoms with E-state index in [-0.39, 0.29) is 34.1 Å². The third-order valence-electron chi connectivity index (χ3n) is 4.18. The van der Waals surface area contributed by atoms with Gasteiger partial charge in [-0.2, -0.15) is 4.31 Å². The van der Waals surface area contributed by atoms with Crippen molar-refractivity contribution in [3.63, 3.8) is 0 Å². The summed E-state index contributed by atoms with van der Waals surface area (Å²) in [4.78, 5) is 13.5. The van der Waals surface area contributed by atoms with E-state index in [1.54, 1.807) is 18.7 Å². The molecule has 152 valence electrons. The van der Waals surface area contributed by atoms with Gasteiger partial charge in [0, 0.05) is 16.5 Å². The highest BCUT2D eigenvalue weighted by molar-refractivity contribution is 7.98. The Labute approximate surface area is 180 Å². The molecular weight excluding hydrogens is 439 g/mol. The average Bonchev–Trinajstić information content (AvgIpc) is 2.67. The van der Waals surface area contributed by atoms with Crippen LogP contribution in [-0.2, 0) is 14.8 Å². The molecule has 0 saturated carbocycles. The van der Waals surface area contributed by atoms with E-state index >= 15 is 0 Å². The van der Waals surface area contributed by atoms with Gasteiger partial charge in [0.2, 0.25) is 15.9 Å². The van der Waals surface area contributed by atoms with Crippen LogP contribution in [0.4, 0.5) is 0 Å². The molecule has 0 fully saturated rings. The summed E-state index contributed by atoms with van der Waals surface area (Å²) >= 11 is 13.6. The summed E-state index contributed by atoms with van der Waals surface area (Å²) in [5.74, 6) is -0.398. The van der Waals surface area contributed by atoms with Crippen LogP contribution in [0, 0.1) is 0 Å². The van der Waals surface area contributed by atoms with E-state index < -0.39 is 15.9 Å². The molecule has 0 unspecified atom stereocenters. The highest BCUT2D eigenvalue weighted by Gasteiger charge is 2.28. The van der Waals surface area contributed by atoms with Gasteiger partial charge in [-0.25, -0.2) is 8.42 Å². The zero-order valence-corrected chi connectivity index (χ0v) is 18.9. The molecule has 28 heavy (non-hydrogen) atoms. The maximum atomic E-state index is 12.9. The van der Waals surface area contributed by atoms with Crippen LogP contribution in [0.1, 0.15) is 25.5 Å².